The van der Waals surface area contributed by atoms with Crippen LogP contribution < -0.4 is 5.32 Å². The highest BCUT2D eigenvalue weighted by molar-refractivity contribution is 5.86. The van der Waals surface area contributed by atoms with Crippen LogP contribution in [0.15, 0.2) is 12.7 Å². The van der Waals surface area contributed by atoms with E-state index in [1.54, 1.807) is 13.8 Å². The molecule has 7 heteroatoms. The first-order valence-electron chi connectivity index (χ1n) is 5.42. The van der Waals surface area contributed by atoms with E-state index in [1.807, 2.05) is 0 Å². The van der Waals surface area contributed by atoms with Crippen LogP contribution in [0.4, 0.5) is 4.79 Å². The van der Waals surface area contributed by atoms with Gasteiger partial charge in [-0.15, -0.1) is 6.58 Å². The lowest BCUT2D eigenvalue weighted by Gasteiger charge is -2.27. The molecule has 0 aromatic rings. The number of urea groups is 1. The summed E-state index contributed by atoms with van der Waals surface area (Å²) in [6.07, 6.45) is 0.841. The largest absolute Gasteiger partial charge is 0.481 e. The summed E-state index contributed by atoms with van der Waals surface area (Å²) in [6.45, 7) is 7.27. The van der Waals surface area contributed by atoms with Crippen LogP contribution >= 0.6 is 0 Å². The van der Waals surface area contributed by atoms with E-state index in [2.05, 4.69) is 11.9 Å². The zero-order valence-electron chi connectivity index (χ0n) is 10.4. The average Bonchev–Trinajstić information content (AvgIpc) is 2.23. The second-order valence-electron chi connectivity index (χ2n) is 3.97. The maximum Gasteiger partial charge on any atom is 0.326 e. The number of carbonyl (C=O) groups excluding carboxylic acids is 1. The molecule has 0 saturated carbocycles. The van der Waals surface area contributed by atoms with Crippen molar-refractivity contribution in [2.75, 3.05) is 6.54 Å². The zero-order valence-corrected chi connectivity index (χ0v) is 10.4. The van der Waals surface area contributed by atoms with E-state index in [0.29, 0.717) is 0 Å². The second kappa shape index (κ2) is 7.31. The molecular weight excluding hydrogens is 240 g/mol. The van der Waals surface area contributed by atoms with Crippen LogP contribution in [0.25, 0.3) is 0 Å². The lowest BCUT2D eigenvalue weighted by Crippen LogP contribution is -2.50. The molecule has 0 saturated heterocycles. The SMILES string of the molecule is C=CCN(C(=O)N[C@H](CC(=O)O)C(=O)O)C(C)C. The molecule has 18 heavy (non-hydrogen) atoms. The van der Waals surface area contributed by atoms with Gasteiger partial charge < -0.3 is 20.4 Å². The van der Waals surface area contributed by atoms with Crippen molar-refractivity contribution in [3.8, 4) is 0 Å². The molecule has 7 nitrogen and oxygen atoms in total. The normalized spacial score (nSPS) is 11.7. The first-order chi connectivity index (χ1) is 8.29. The molecule has 0 aliphatic rings. The van der Waals surface area contributed by atoms with Gasteiger partial charge >= 0.3 is 18.0 Å². The molecule has 0 aliphatic carbocycles. The first kappa shape index (κ1) is 16.0. The van der Waals surface area contributed by atoms with Gasteiger partial charge in [-0.1, -0.05) is 6.08 Å². The third kappa shape index (κ3) is 5.33. The quantitative estimate of drug-likeness (QED) is 0.577. The van der Waals surface area contributed by atoms with Crippen molar-refractivity contribution in [1.82, 2.24) is 10.2 Å². The van der Waals surface area contributed by atoms with Gasteiger partial charge in [0.05, 0.1) is 6.42 Å². The van der Waals surface area contributed by atoms with Crippen LogP contribution in [0.2, 0.25) is 0 Å². The molecule has 0 aromatic heterocycles. The van der Waals surface area contributed by atoms with E-state index >= 15 is 0 Å². The summed E-state index contributed by atoms with van der Waals surface area (Å²) in [6, 6.07) is -2.22. The number of carboxylic acid groups (broad SMARTS) is 2. The van der Waals surface area contributed by atoms with E-state index < -0.39 is 30.4 Å². The number of nitrogens with one attached hydrogen (secondary N) is 1. The number of carbonyl (C=O) groups is 3. The van der Waals surface area contributed by atoms with Crippen LogP contribution in [0, 0.1) is 0 Å². The summed E-state index contributed by atoms with van der Waals surface area (Å²) >= 11 is 0. The molecular formula is C11H18N2O5. The fourth-order valence-corrected chi connectivity index (χ4v) is 1.27. The van der Waals surface area contributed by atoms with Gasteiger partial charge in [0.2, 0.25) is 0 Å². The van der Waals surface area contributed by atoms with E-state index in [0.717, 1.165) is 0 Å². The smallest absolute Gasteiger partial charge is 0.326 e. The van der Waals surface area contributed by atoms with Crippen LogP contribution in [-0.2, 0) is 9.59 Å². The monoisotopic (exact) mass is 258 g/mol. The standard InChI is InChI=1S/C11H18N2O5/c1-4-5-13(7(2)3)11(18)12-8(10(16)17)6-9(14)15/h4,7-8H,1,5-6H2,2-3H3,(H,12,18)(H,14,15)(H,16,17)/t8-/m1/s1. The molecule has 0 heterocycles. The molecule has 0 rings (SSSR count). The third-order valence-electron chi connectivity index (χ3n) is 2.18. The summed E-state index contributed by atoms with van der Waals surface area (Å²) in [5.41, 5.74) is 0. The molecule has 2 amide bonds. The number of hydrogen-bond acceptors (Lipinski definition) is 3. The molecule has 3 N–H and O–H groups in total. The molecule has 0 spiro atoms. The number of amides is 2. The predicted molar refractivity (Wildman–Crippen MR) is 64.2 cm³/mol. The number of nitrogens with zero attached hydrogens (tertiary/aromatic N) is 1. The Morgan fingerprint density at radius 2 is 1.89 bits per heavy atom. The van der Waals surface area contributed by atoms with Gasteiger partial charge in [0.1, 0.15) is 6.04 Å². The van der Waals surface area contributed by atoms with Gasteiger partial charge in [0.15, 0.2) is 0 Å². The van der Waals surface area contributed by atoms with E-state index in [9.17, 15) is 14.4 Å². The molecule has 0 fully saturated rings. The highest BCUT2D eigenvalue weighted by Crippen LogP contribution is 2.01. The molecule has 1 atom stereocenters. The number of aliphatic carboxylic acids is 2. The minimum Gasteiger partial charge on any atom is -0.481 e. The van der Waals surface area contributed by atoms with Gasteiger partial charge in [0, 0.05) is 12.6 Å². The number of carboxylic acids is 2. The van der Waals surface area contributed by atoms with Gasteiger partial charge in [-0.3, -0.25) is 4.79 Å². The van der Waals surface area contributed by atoms with Gasteiger partial charge in [-0.05, 0) is 13.8 Å². The predicted octanol–water partition coefficient (Wildman–Crippen LogP) is 0.520. The average molecular weight is 258 g/mol. The van der Waals surface area contributed by atoms with Crippen LogP contribution in [0.5, 0.6) is 0 Å². The first-order valence-corrected chi connectivity index (χ1v) is 5.42. The Bertz CT molecular complexity index is 340. The minimum atomic E-state index is -1.44. The maximum absolute atomic E-state index is 11.8. The van der Waals surface area contributed by atoms with Gasteiger partial charge in [0.25, 0.3) is 0 Å². The van der Waals surface area contributed by atoms with Crippen LogP contribution in [-0.4, -0.2) is 51.7 Å². The van der Waals surface area contributed by atoms with E-state index in [4.69, 9.17) is 10.2 Å². The highest BCUT2D eigenvalue weighted by atomic mass is 16.4. The van der Waals surface area contributed by atoms with Crippen molar-refractivity contribution < 1.29 is 24.6 Å². The Balaban J connectivity index is 4.70. The topological polar surface area (TPSA) is 107 Å². The maximum atomic E-state index is 11.8. The zero-order chi connectivity index (χ0) is 14.3. The van der Waals surface area contributed by atoms with Crippen molar-refractivity contribution in [2.24, 2.45) is 0 Å². The summed E-state index contributed by atoms with van der Waals surface area (Å²) in [5.74, 6) is -2.67. The van der Waals surface area contributed by atoms with Crippen molar-refractivity contribution in [1.29, 1.82) is 0 Å². The van der Waals surface area contributed by atoms with Crippen molar-refractivity contribution in [2.45, 2.75) is 32.4 Å². The number of hydrogen-bond donors (Lipinski definition) is 3. The lowest BCUT2D eigenvalue weighted by molar-refractivity contribution is -0.145. The third-order valence-corrected chi connectivity index (χ3v) is 2.18. The molecule has 102 valence electrons. The summed E-state index contributed by atoms with van der Waals surface area (Å²) in [5, 5.41) is 19.5. The molecule has 0 unspecified atom stereocenters. The van der Waals surface area contributed by atoms with Crippen LogP contribution in [0.3, 0.4) is 0 Å². The summed E-state index contributed by atoms with van der Waals surface area (Å²) in [7, 11) is 0. The number of rotatable bonds is 7. The van der Waals surface area contributed by atoms with E-state index in [1.165, 1.54) is 11.0 Å². The fourth-order valence-electron chi connectivity index (χ4n) is 1.27. The van der Waals surface area contributed by atoms with E-state index in [-0.39, 0.29) is 12.6 Å². The molecule has 0 aliphatic heterocycles. The van der Waals surface area contributed by atoms with Gasteiger partial charge in [-0.25, -0.2) is 9.59 Å². The van der Waals surface area contributed by atoms with Crippen molar-refractivity contribution in [3.63, 3.8) is 0 Å². The minimum absolute atomic E-state index is 0.151. The second-order valence-corrected chi connectivity index (χ2v) is 3.97. The summed E-state index contributed by atoms with van der Waals surface area (Å²) < 4.78 is 0. The fraction of sp³-hybridized carbons (Fsp3) is 0.545. The summed E-state index contributed by atoms with van der Waals surface area (Å²) in [4.78, 5) is 34.4. The molecule has 0 aromatic carbocycles. The van der Waals surface area contributed by atoms with Gasteiger partial charge in [-0.2, -0.15) is 0 Å². The molecule has 0 bridgehead atoms. The lowest BCUT2D eigenvalue weighted by atomic mass is 10.2. The molecule has 0 radical (unpaired) electrons. The van der Waals surface area contributed by atoms with Crippen molar-refractivity contribution >= 4 is 18.0 Å². The Labute approximate surface area is 105 Å². The Morgan fingerprint density at radius 3 is 2.22 bits per heavy atom. The van der Waals surface area contributed by atoms with Crippen LogP contribution in [0.1, 0.15) is 20.3 Å². The van der Waals surface area contributed by atoms with Crippen molar-refractivity contribution in [3.05, 3.63) is 12.7 Å². The Hall–Kier alpha value is -2.05. The highest BCUT2D eigenvalue weighted by Gasteiger charge is 2.26. The Kier molecular flexibility index (Phi) is 6.48. The Morgan fingerprint density at radius 1 is 1.33 bits per heavy atom.